The van der Waals surface area contributed by atoms with E-state index in [4.69, 9.17) is 11.6 Å². The predicted molar refractivity (Wildman–Crippen MR) is 87.5 cm³/mol. The fourth-order valence-corrected chi connectivity index (χ4v) is 2.79. The monoisotopic (exact) mass is 314 g/mol. The molecule has 0 aliphatic carbocycles. The van der Waals surface area contributed by atoms with Gasteiger partial charge in [-0.3, -0.25) is 5.01 Å². The summed E-state index contributed by atoms with van der Waals surface area (Å²) in [7, 11) is 0. The molecule has 0 saturated carbocycles. The number of rotatable bonds is 3. The van der Waals surface area contributed by atoms with Gasteiger partial charge in [-0.15, -0.1) is 0 Å². The molecule has 1 N–H and O–H groups in total. The van der Waals surface area contributed by atoms with Crippen LogP contribution in [-0.2, 0) is 4.79 Å². The highest BCUT2D eigenvalue weighted by atomic mass is 35.5. The standard InChI is InChI=1S/C17H15ClN2O2/c1-11-7-8-13(18)9-15(11)20-16(10-14(19-20)17(21)22)12-5-3-2-4-6-12/h2-9,16H,10H2,1H3,(H,21,22). The van der Waals surface area contributed by atoms with Gasteiger partial charge in [-0.2, -0.15) is 5.10 Å². The smallest absolute Gasteiger partial charge is 0.352 e. The molecule has 5 heteroatoms. The van der Waals surface area contributed by atoms with Crippen LogP contribution in [0.25, 0.3) is 0 Å². The number of carboxylic acid groups (broad SMARTS) is 1. The highest BCUT2D eigenvalue weighted by molar-refractivity contribution is 6.36. The van der Waals surface area contributed by atoms with Crippen LogP contribution in [0, 0.1) is 6.92 Å². The number of carbonyl (C=O) groups is 1. The fraction of sp³-hybridized carbons (Fsp3) is 0.176. The molecule has 1 atom stereocenters. The molecule has 2 aromatic rings. The Morgan fingerprint density at radius 1 is 1.27 bits per heavy atom. The molecule has 0 aromatic heterocycles. The van der Waals surface area contributed by atoms with Gasteiger partial charge in [-0.1, -0.05) is 48.0 Å². The van der Waals surface area contributed by atoms with Gasteiger partial charge in [0.1, 0.15) is 5.71 Å². The number of aliphatic carboxylic acids is 1. The summed E-state index contributed by atoms with van der Waals surface area (Å²) in [5, 5.41) is 16.0. The van der Waals surface area contributed by atoms with E-state index in [1.54, 1.807) is 5.01 Å². The van der Waals surface area contributed by atoms with E-state index in [-0.39, 0.29) is 11.8 Å². The first kappa shape index (κ1) is 14.6. The second kappa shape index (κ2) is 5.81. The van der Waals surface area contributed by atoms with E-state index >= 15 is 0 Å². The van der Waals surface area contributed by atoms with Crippen LogP contribution < -0.4 is 5.01 Å². The summed E-state index contributed by atoms with van der Waals surface area (Å²) in [5.41, 5.74) is 3.02. The van der Waals surface area contributed by atoms with Crippen LogP contribution >= 0.6 is 11.6 Å². The number of hydrazone groups is 1. The molecule has 0 bridgehead atoms. The minimum Gasteiger partial charge on any atom is -0.477 e. The third-order valence-electron chi connectivity index (χ3n) is 3.76. The Kier molecular flexibility index (Phi) is 3.86. The molecule has 112 valence electrons. The van der Waals surface area contributed by atoms with Crippen molar-refractivity contribution < 1.29 is 9.90 Å². The zero-order valence-electron chi connectivity index (χ0n) is 12.0. The summed E-state index contributed by atoms with van der Waals surface area (Å²) in [6, 6.07) is 15.2. The van der Waals surface area contributed by atoms with Crippen LogP contribution in [0.5, 0.6) is 0 Å². The number of benzene rings is 2. The van der Waals surface area contributed by atoms with Crippen molar-refractivity contribution in [1.29, 1.82) is 0 Å². The molecule has 1 aliphatic rings. The normalized spacial score (nSPS) is 17.5. The van der Waals surface area contributed by atoms with Crippen molar-refractivity contribution in [3.63, 3.8) is 0 Å². The van der Waals surface area contributed by atoms with Crippen LogP contribution in [0.3, 0.4) is 0 Å². The lowest BCUT2D eigenvalue weighted by molar-refractivity contribution is -0.129. The van der Waals surface area contributed by atoms with Gasteiger partial charge in [0.05, 0.1) is 11.7 Å². The second-order valence-corrected chi connectivity index (χ2v) is 5.69. The van der Waals surface area contributed by atoms with Crippen molar-refractivity contribution in [1.82, 2.24) is 0 Å². The number of anilines is 1. The summed E-state index contributed by atoms with van der Waals surface area (Å²) < 4.78 is 0. The molecule has 0 spiro atoms. The minimum atomic E-state index is -0.983. The predicted octanol–water partition coefficient (Wildman–Crippen LogP) is 4.04. The third-order valence-corrected chi connectivity index (χ3v) is 3.99. The van der Waals surface area contributed by atoms with Crippen LogP contribution in [-0.4, -0.2) is 16.8 Å². The lowest BCUT2D eigenvalue weighted by Crippen LogP contribution is -2.19. The molecule has 1 aliphatic heterocycles. The van der Waals surface area contributed by atoms with Crippen molar-refractivity contribution in [2.45, 2.75) is 19.4 Å². The number of hydrogen-bond donors (Lipinski definition) is 1. The van der Waals surface area contributed by atoms with Crippen LogP contribution in [0.1, 0.15) is 23.6 Å². The summed E-state index contributed by atoms with van der Waals surface area (Å²) in [6.07, 6.45) is 0.366. The molecule has 0 saturated heterocycles. The van der Waals surface area contributed by atoms with Gasteiger partial charge in [0, 0.05) is 11.4 Å². The van der Waals surface area contributed by atoms with Crippen molar-refractivity contribution in [2.24, 2.45) is 5.10 Å². The fourth-order valence-electron chi connectivity index (χ4n) is 2.63. The van der Waals surface area contributed by atoms with Gasteiger partial charge in [0.25, 0.3) is 0 Å². The number of halogens is 1. The molecule has 1 heterocycles. The highest BCUT2D eigenvalue weighted by Gasteiger charge is 2.32. The van der Waals surface area contributed by atoms with Gasteiger partial charge >= 0.3 is 5.97 Å². The van der Waals surface area contributed by atoms with E-state index in [0.717, 1.165) is 16.8 Å². The van der Waals surface area contributed by atoms with E-state index in [9.17, 15) is 9.90 Å². The Hall–Kier alpha value is -2.33. The Balaban J connectivity index is 2.07. The van der Waals surface area contributed by atoms with Gasteiger partial charge < -0.3 is 5.11 Å². The first-order valence-electron chi connectivity index (χ1n) is 6.97. The van der Waals surface area contributed by atoms with Gasteiger partial charge in [-0.05, 0) is 30.2 Å². The summed E-state index contributed by atoms with van der Waals surface area (Å²) in [4.78, 5) is 11.3. The molecule has 2 aromatic carbocycles. The number of nitrogens with zero attached hydrogens (tertiary/aromatic N) is 2. The minimum absolute atomic E-state index is 0.135. The SMILES string of the molecule is Cc1ccc(Cl)cc1N1N=C(C(=O)O)CC1c1ccccc1. The topological polar surface area (TPSA) is 52.9 Å². The maximum atomic E-state index is 11.3. The molecular weight excluding hydrogens is 300 g/mol. The lowest BCUT2D eigenvalue weighted by atomic mass is 10.0. The van der Waals surface area contributed by atoms with Crippen molar-refractivity contribution in [2.75, 3.05) is 5.01 Å². The van der Waals surface area contributed by atoms with Gasteiger partial charge in [0.2, 0.25) is 0 Å². The molecule has 3 rings (SSSR count). The molecule has 0 radical (unpaired) electrons. The summed E-state index contributed by atoms with van der Waals surface area (Å²) in [6.45, 7) is 1.96. The Morgan fingerprint density at radius 2 is 2.00 bits per heavy atom. The average Bonchev–Trinajstić information content (AvgIpc) is 2.96. The first-order chi connectivity index (χ1) is 10.6. The van der Waals surface area contributed by atoms with E-state index in [0.29, 0.717) is 11.4 Å². The largest absolute Gasteiger partial charge is 0.477 e. The number of aryl methyl sites for hydroxylation is 1. The van der Waals surface area contributed by atoms with E-state index in [1.807, 2.05) is 55.5 Å². The van der Waals surface area contributed by atoms with Crippen LogP contribution in [0.15, 0.2) is 53.6 Å². The summed E-state index contributed by atoms with van der Waals surface area (Å²) in [5.74, 6) is -0.983. The highest BCUT2D eigenvalue weighted by Crippen LogP contribution is 2.37. The Bertz CT molecular complexity index is 744. The van der Waals surface area contributed by atoms with Crippen molar-refractivity contribution in [3.8, 4) is 0 Å². The third kappa shape index (κ3) is 2.70. The maximum Gasteiger partial charge on any atom is 0.352 e. The maximum absolute atomic E-state index is 11.3. The molecule has 22 heavy (non-hydrogen) atoms. The van der Waals surface area contributed by atoms with Gasteiger partial charge in [0.15, 0.2) is 0 Å². The van der Waals surface area contributed by atoms with Crippen molar-refractivity contribution >= 4 is 29.0 Å². The zero-order valence-corrected chi connectivity index (χ0v) is 12.8. The number of carboxylic acids is 1. The van der Waals surface area contributed by atoms with E-state index in [2.05, 4.69) is 5.10 Å². The molecule has 4 nitrogen and oxygen atoms in total. The molecule has 1 unspecified atom stereocenters. The average molecular weight is 315 g/mol. The van der Waals surface area contributed by atoms with Crippen molar-refractivity contribution in [3.05, 3.63) is 64.7 Å². The molecule has 0 fully saturated rings. The van der Waals surface area contributed by atoms with E-state index in [1.165, 1.54) is 0 Å². The zero-order chi connectivity index (χ0) is 15.7. The Labute approximate surface area is 133 Å². The Morgan fingerprint density at radius 3 is 2.68 bits per heavy atom. The quantitative estimate of drug-likeness (QED) is 0.930. The number of hydrogen-bond acceptors (Lipinski definition) is 3. The molecule has 0 amide bonds. The second-order valence-electron chi connectivity index (χ2n) is 5.26. The summed E-state index contributed by atoms with van der Waals surface area (Å²) >= 11 is 6.10. The van der Waals surface area contributed by atoms with Gasteiger partial charge in [-0.25, -0.2) is 4.79 Å². The van der Waals surface area contributed by atoms with E-state index < -0.39 is 5.97 Å². The lowest BCUT2D eigenvalue weighted by Gasteiger charge is -2.25. The van der Waals surface area contributed by atoms with Crippen LogP contribution in [0.4, 0.5) is 5.69 Å². The van der Waals surface area contributed by atoms with Crippen LogP contribution in [0.2, 0.25) is 5.02 Å². The molecular formula is C17H15ClN2O2. The first-order valence-corrected chi connectivity index (χ1v) is 7.35.